The third kappa shape index (κ3) is 3.23. The summed E-state index contributed by atoms with van der Waals surface area (Å²) in [6.45, 7) is 6.49. The number of unbranched alkanes of at least 4 members (excludes halogenated alkanes) is 1. The molecule has 1 N–H and O–H groups in total. The quantitative estimate of drug-likeness (QED) is 0.743. The van der Waals surface area contributed by atoms with Crippen molar-refractivity contribution in [2.75, 3.05) is 0 Å². The van der Waals surface area contributed by atoms with Crippen molar-refractivity contribution in [1.29, 1.82) is 0 Å². The fraction of sp³-hybridized carbons (Fsp3) is 0.933. The molecule has 1 fully saturated rings. The van der Waals surface area contributed by atoms with Gasteiger partial charge in [-0.3, -0.25) is 4.79 Å². The summed E-state index contributed by atoms with van der Waals surface area (Å²) in [5.41, 5.74) is -0.434. The smallest absolute Gasteiger partial charge is 0.309 e. The molecular formula is C15H28O2. The Morgan fingerprint density at radius 3 is 2.24 bits per heavy atom. The highest BCUT2D eigenvalue weighted by Gasteiger charge is 2.44. The van der Waals surface area contributed by atoms with E-state index in [9.17, 15) is 9.90 Å². The second-order valence-corrected chi connectivity index (χ2v) is 5.88. The molecule has 0 heterocycles. The predicted octanol–water partition coefficient (Wildman–Crippen LogP) is 4.48. The molecule has 1 aliphatic rings. The Hall–Kier alpha value is -0.530. The molecule has 0 aromatic heterocycles. The van der Waals surface area contributed by atoms with E-state index in [0.717, 1.165) is 44.4 Å². The van der Waals surface area contributed by atoms with E-state index in [-0.39, 0.29) is 0 Å². The summed E-state index contributed by atoms with van der Waals surface area (Å²) in [6.07, 6.45) is 8.47. The van der Waals surface area contributed by atoms with E-state index < -0.39 is 11.4 Å². The average Bonchev–Trinajstić information content (AvgIpc) is 2.32. The minimum Gasteiger partial charge on any atom is -0.481 e. The van der Waals surface area contributed by atoms with Gasteiger partial charge >= 0.3 is 5.97 Å². The van der Waals surface area contributed by atoms with Crippen LogP contribution in [0, 0.1) is 17.3 Å². The van der Waals surface area contributed by atoms with Gasteiger partial charge in [0.05, 0.1) is 5.41 Å². The number of carboxylic acids is 1. The van der Waals surface area contributed by atoms with E-state index in [1.54, 1.807) is 0 Å². The zero-order valence-electron chi connectivity index (χ0n) is 11.7. The van der Waals surface area contributed by atoms with E-state index >= 15 is 0 Å². The van der Waals surface area contributed by atoms with Crippen LogP contribution in [0.2, 0.25) is 0 Å². The van der Waals surface area contributed by atoms with E-state index in [2.05, 4.69) is 20.8 Å². The Morgan fingerprint density at radius 2 is 1.82 bits per heavy atom. The van der Waals surface area contributed by atoms with Gasteiger partial charge in [0.1, 0.15) is 0 Å². The molecule has 0 aliphatic heterocycles. The topological polar surface area (TPSA) is 37.3 Å². The van der Waals surface area contributed by atoms with Gasteiger partial charge in [-0.2, -0.15) is 0 Å². The summed E-state index contributed by atoms with van der Waals surface area (Å²) >= 11 is 0. The molecule has 17 heavy (non-hydrogen) atoms. The van der Waals surface area contributed by atoms with Crippen molar-refractivity contribution in [3.63, 3.8) is 0 Å². The monoisotopic (exact) mass is 240 g/mol. The first kappa shape index (κ1) is 14.5. The first-order chi connectivity index (χ1) is 8.06. The standard InChI is InChI=1S/C15H28O2/c1-4-6-11-15(5-2,14(16)17)13-9-7-12(3)8-10-13/h12-13H,4-11H2,1-3H3,(H,16,17). The SMILES string of the molecule is CCCCC(CC)(C(=O)O)C1CCC(C)CC1. The van der Waals surface area contributed by atoms with Crippen LogP contribution in [0.15, 0.2) is 0 Å². The molecule has 0 aromatic rings. The Bertz CT molecular complexity index is 241. The normalized spacial score (nSPS) is 28.6. The van der Waals surface area contributed by atoms with Crippen molar-refractivity contribution in [3.8, 4) is 0 Å². The highest BCUT2D eigenvalue weighted by Crippen LogP contribution is 2.46. The largest absolute Gasteiger partial charge is 0.481 e. The summed E-state index contributed by atoms with van der Waals surface area (Å²) in [5.74, 6) is 0.654. The molecule has 2 heteroatoms. The number of carbonyl (C=O) groups is 1. The average molecular weight is 240 g/mol. The maximum Gasteiger partial charge on any atom is 0.309 e. The molecule has 1 unspecified atom stereocenters. The molecule has 0 amide bonds. The lowest BCUT2D eigenvalue weighted by Crippen LogP contribution is -2.40. The van der Waals surface area contributed by atoms with Gasteiger partial charge in [-0.1, -0.05) is 46.5 Å². The van der Waals surface area contributed by atoms with Gasteiger partial charge in [-0.05, 0) is 37.5 Å². The van der Waals surface area contributed by atoms with Crippen molar-refractivity contribution in [3.05, 3.63) is 0 Å². The fourth-order valence-corrected chi connectivity index (χ4v) is 3.41. The van der Waals surface area contributed by atoms with E-state index in [0.29, 0.717) is 5.92 Å². The summed E-state index contributed by atoms with van der Waals surface area (Å²) in [4.78, 5) is 11.7. The molecule has 0 radical (unpaired) electrons. The Labute approximate surface area is 106 Å². The molecular weight excluding hydrogens is 212 g/mol. The van der Waals surface area contributed by atoms with Crippen LogP contribution in [0.1, 0.15) is 72.1 Å². The molecule has 2 nitrogen and oxygen atoms in total. The summed E-state index contributed by atoms with van der Waals surface area (Å²) in [7, 11) is 0. The van der Waals surface area contributed by atoms with Gasteiger partial charge in [-0.15, -0.1) is 0 Å². The Morgan fingerprint density at radius 1 is 1.24 bits per heavy atom. The summed E-state index contributed by atoms with van der Waals surface area (Å²) in [5, 5.41) is 9.67. The van der Waals surface area contributed by atoms with Crippen LogP contribution in [0.5, 0.6) is 0 Å². The van der Waals surface area contributed by atoms with Gasteiger partial charge in [0, 0.05) is 0 Å². The van der Waals surface area contributed by atoms with E-state index in [1.165, 1.54) is 12.8 Å². The van der Waals surface area contributed by atoms with Crippen molar-refractivity contribution in [2.45, 2.75) is 72.1 Å². The third-order valence-corrected chi connectivity index (χ3v) is 4.83. The Balaban J connectivity index is 2.77. The molecule has 0 saturated heterocycles. The maximum atomic E-state index is 11.7. The van der Waals surface area contributed by atoms with Crippen LogP contribution in [0.25, 0.3) is 0 Å². The van der Waals surface area contributed by atoms with Crippen molar-refractivity contribution >= 4 is 5.97 Å². The molecule has 0 spiro atoms. The number of aliphatic carboxylic acids is 1. The minimum atomic E-state index is -0.548. The molecule has 0 bridgehead atoms. The summed E-state index contributed by atoms with van der Waals surface area (Å²) < 4.78 is 0. The molecule has 1 saturated carbocycles. The van der Waals surface area contributed by atoms with Gasteiger partial charge in [0.15, 0.2) is 0 Å². The lowest BCUT2D eigenvalue weighted by Gasteiger charge is -2.40. The van der Waals surface area contributed by atoms with Gasteiger partial charge in [0.2, 0.25) is 0 Å². The summed E-state index contributed by atoms with van der Waals surface area (Å²) in [6, 6.07) is 0. The van der Waals surface area contributed by atoms with Crippen molar-refractivity contribution < 1.29 is 9.90 Å². The fourth-order valence-electron chi connectivity index (χ4n) is 3.41. The van der Waals surface area contributed by atoms with Crippen LogP contribution in [-0.4, -0.2) is 11.1 Å². The van der Waals surface area contributed by atoms with E-state index in [1.807, 2.05) is 0 Å². The zero-order valence-corrected chi connectivity index (χ0v) is 11.7. The zero-order chi connectivity index (χ0) is 12.9. The highest BCUT2D eigenvalue weighted by molar-refractivity contribution is 5.75. The minimum absolute atomic E-state index is 0.410. The van der Waals surface area contributed by atoms with Crippen molar-refractivity contribution in [1.82, 2.24) is 0 Å². The van der Waals surface area contributed by atoms with Gasteiger partial charge < -0.3 is 5.11 Å². The first-order valence-corrected chi connectivity index (χ1v) is 7.30. The lowest BCUT2D eigenvalue weighted by molar-refractivity contribution is -0.155. The molecule has 1 aliphatic carbocycles. The number of hydrogen-bond donors (Lipinski definition) is 1. The van der Waals surface area contributed by atoms with Crippen molar-refractivity contribution in [2.24, 2.45) is 17.3 Å². The second-order valence-electron chi connectivity index (χ2n) is 5.88. The maximum absolute atomic E-state index is 11.7. The van der Waals surface area contributed by atoms with Crippen LogP contribution in [-0.2, 0) is 4.79 Å². The first-order valence-electron chi connectivity index (χ1n) is 7.30. The number of carboxylic acid groups (broad SMARTS) is 1. The van der Waals surface area contributed by atoms with Crippen LogP contribution >= 0.6 is 0 Å². The molecule has 1 rings (SSSR count). The molecule has 0 aromatic carbocycles. The van der Waals surface area contributed by atoms with Gasteiger partial charge in [-0.25, -0.2) is 0 Å². The number of hydrogen-bond acceptors (Lipinski definition) is 1. The molecule has 100 valence electrons. The third-order valence-electron chi connectivity index (χ3n) is 4.83. The molecule has 1 atom stereocenters. The lowest BCUT2D eigenvalue weighted by atomic mass is 9.63. The Kier molecular flexibility index (Phi) is 5.48. The number of rotatable bonds is 6. The van der Waals surface area contributed by atoms with E-state index in [4.69, 9.17) is 0 Å². The van der Waals surface area contributed by atoms with Crippen LogP contribution in [0.4, 0.5) is 0 Å². The highest BCUT2D eigenvalue weighted by atomic mass is 16.4. The van der Waals surface area contributed by atoms with Gasteiger partial charge in [0.25, 0.3) is 0 Å². The predicted molar refractivity (Wildman–Crippen MR) is 71.0 cm³/mol. The van der Waals surface area contributed by atoms with Crippen LogP contribution in [0.3, 0.4) is 0 Å². The second kappa shape index (κ2) is 6.42. The van der Waals surface area contributed by atoms with Crippen LogP contribution < -0.4 is 0 Å².